The zero-order chi connectivity index (χ0) is 17.1. The summed E-state index contributed by atoms with van der Waals surface area (Å²) in [6, 6.07) is 11.8. The summed E-state index contributed by atoms with van der Waals surface area (Å²) in [6.07, 6.45) is 0. The van der Waals surface area contributed by atoms with Crippen LogP contribution in [0.15, 0.2) is 42.5 Å². The first-order valence-corrected chi connectivity index (χ1v) is 7.61. The molecule has 3 rings (SSSR count). The van der Waals surface area contributed by atoms with Crippen molar-refractivity contribution in [3.05, 3.63) is 48.0 Å². The van der Waals surface area contributed by atoms with Gasteiger partial charge in [-0.1, -0.05) is 0 Å². The highest BCUT2D eigenvalue weighted by Gasteiger charge is 2.16. The number of ketones is 1. The largest absolute Gasteiger partial charge is 0.454 e. The lowest BCUT2D eigenvalue weighted by atomic mass is 10.1. The summed E-state index contributed by atoms with van der Waals surface area (Å²) in [7, 11) is 0. The van der Waals surface area contributed by atoms with Gasteiger partial charge in [0.05, 0.1) is 0 Å². The van der Waals surface area contributed by atoms with Gasteiger partial charge in [-0.15, -0.1) is 0 Å². The molecule has 1 aliphatic rings. The minimum atomic E-state index is -0.446. The van der Waals surface area contributed by atoms with Crippen molar-refractivity contribution < 1.29 is 19.1 Å². The van der Waals surface area contributed by atoms with E-state index in [0.717, 1.165) is 5.69 Å². The van der Waals surface area contributed by atoms with Gasteiger partial charge in [0.25, 0.3) is 0 Å². The Hall–Kier alpha value is -3.02. The van der Waals surface area contributed by atoms with E-state index < -0.39 is 6.04 Å². The van der Waals surface area contributed by atoms with Gasteiger partial charge in [-0.05, 0) is 50.2 Å². The van der Waals surface area contributed by atoms with Gasteiger partial charge in [0.2, 0.25) is 12.7 Å². The number of hydrogen-bond acceptors (Lipinski definition) is 5. The fraction of sp³-hybridized carbons (Fsp3) is 0.222. The first-order valence-electron chi connectivity index (χ1n) is 7.61. The van der Waals surface area contributed by atoms with Crippen molar-refractivity contribution in [2.75, 3.05) is 17.4 Å². The summed E-state index contributed by atoms with van der Waals surface area (Å²) in [6.45, 7) is 3.49. The Balaban J connectivity index is 1.61. The summed E-state index contributed by atoms with van der Waals surface area (Å²) in [5, 5.41) is 5.93. The van der Waals surface area contributed by atoms with Crippen LogP contribution in [-0.2, 0) is 4.79 Å². The molecule has 0 saturated heterocycles. The minimum absolute atomic E-state index is 0.00859. The zero-order valence-corrected chi connectivity index (χ0v) is 13.5. The smallest absolute Gasteiger partial charge is 0.246 e. The maximum atomic E-state index is 12.3. The molecule has 0 spiro atoms. The highest BCUT2D eigenvalue weighted by atomic mass is 16.7. The van der Waals surface area contributed by atoms with Gasteiger partial charge in [0, 0.05) is 23.0 Å². The number of fused-ring (bicyclic) bond motifs is 1. The summed E-state index contributed by atoms with van der Waals surface area (Å²) in [5.74, 6) is 1.17. The van der Waals surface area contributed by atoms with E-state index in [0.29, 0.717) is 22.7 Å². The third-order valence-corrected chi connectivity index (χ3v) is 3.71. The van der Waals surface area contributed by atoms with E-state index in [-0.39, 0.29) is 18.5 Å². The molecule has 24 heavy (non-hydrogen) atoms. The monoisotopic (exact) mass is 326 g/mol. The van der Waals surface area contributed by atoms with E-state index >= 15 is 0 Å². The topological polar surface area (TPSA) is 76.7 Å². The summed E-state index contributed by atoms with van der Waals surface area (Å²) in [5.41, 5.74) is 2.03. The van der Waals surface area contributed by atoms with Crippen LogP contribution in [0.5, 0.6) is 11.5 Å². The van der Waals surface area contributed by atoms with E-state index in [9.17, 15) is 9.59 Å². The van der Waals surface area contributed by atoms with Crippen molar-refractivity contribution in [1.82, 2.24) is 0 Å². The number of benzene rings is 2. The van der Waals surface area contributed by atoms with Crippen LogP contribution in [0.4, 0.5) is 11.4 Å². The van der Waals surface area contributed by atoms with Crippen LogP contribution < -0.4 is 20.1 Å². The molecule has 2 aromatic carbocycles. The fourth-order valence-corrected chi connectivity index (χ4v) is 2.34. The molecule has 0 bridgehead atoms. The van der Waals surface area contributed by atoms with Gasteiger partial charge < -0.3 is 20.1 Å². The minimum Gasteiger partial charge on any atom is -0.454 e. The number of carbonyl (C=O) groups is 2. The molecule has 1 heterocycles. The molecule has 0 saturated carbocycles. The van der Waals surface area contributed by atoms with Gasteiger partial charge in [0.15, 0.2) is 17.3 Å². The molecule has 124 valence electrons. The molecule has 1 amide bonds. The SMILES string of the molecule is CC(=O)c1ccc(NC(=O)[C@@H](C)Nc2ccc3c(c2)OCO3)cc1. The fourth-order valence-electron chi connectivity index (χ4n) is 2.34. The second kappa shape index (κ2) is 6.62. The van der Waals surface area contributed by atoms with Crippen molar-refractivity contribution in [3.63, 3.8) is 0 Å². The van der Waals surface area contributed by atoms with Crippen LogP contribution in [-0.4, -0.2) is 24.5 Å². The lowest BCUT2D eigenvalue weighted by Gasteiger charge is -2.15. The number of hydrogen-bond donors (Lipinski definition) is 2. The number of anilines is 2. The van der Waals surface area contributed by atoms with Gasteiger partial charge >= 0.3 is 0 Å². The molecular formula is C18H18N2O4. The van der Waals surface area contributed by atoms with Crippen LogP contribution in [0.1, 0.15) is 24.2 Å². The molecule has 0 unspecified atom stereocenters. The molecule has 6 nitrogen and oxygen atoms in total. The van der Waals surface area contributed by atoms with Crippen LogP contribution in [0.3, 0.4) is 0 Å². The van der Waals surface area contributed by atoms with Crippen molar-refractivity contribution in [1.29, 1.82) is 0 Å². The quantitative estimate of drug-likeness (QED) is 0.826. The van der Waals surface area contributed by atoms with E-state index in [1.54, 1.807) is 43.3 Å². The van der Waals surface area contributed by atoms with Crippen molar-refractivity contribution >= 4 is 23.1 Å². The Kier molecular flexibility index (Phi) is 4.37. The second-order valence-corrected chi connectivity index (χ2v) is 5.56. The molecule has 0 radical (unpaired) electrons. The zero-order valence-electron chi connectivity index (χ0n) is 13.5. The van der Waals surface area contributed by atoms with E-state index in [1.165, 1.54) is 6.92 Å². The predicted octanol–water partition coefficient (Wildman–Crippen LogP) is 3.06. The number of nitrogens with one attached hydrogen (secondary N) is 2. The lowest BCUT2D eigenvalue weighted by molar-refractivity contribution is -0.116. The number of carbonyl (C=O) groups excluding carboxylic acids is 2. The summed E-state index contributed by atoms with van der Waals surface area (Å²) >= 11 is 0. The predicted molar refractivity (Wildman–Crippen MR) is 90.7 cm³/mol. The Morgan fingerprint density at radius 1 is 1.00 bits per heavy atom. The van der Waals surface area contributed by atoms with Crippen LogP contribution in [0, 0.1) is 0 Å². The Morgan fingerprint density at radius 3 is 2.38 bits per heavy atom. The number of amides is 1. The molecule has 1 atom stereocenters. The van der Waals surface area contributed by atoms with Crippen molar-refractivity contribution in [2.45, 2.75) is 19.9 Å². The number of rotatable bonds is 5. The Bertz CT molecular complexity index is 771. The molecule has 0 aromatic heterocycles. The number of Topliss-reactive ketones (excluding diaryl/α,β-unsaturated/α-hetero) is 1. The van der Waals surface area contributed by atoms with Crippen molar-refractivity contribution in [2.24, 2.45) is 0 Å². The molecule has 1 aliphatic heterocycles. The average Bonchev–Trinajstić information content (AvgIpc) is 3.03. The van der Waals surface area contributed by atoms with Gasteiger partial charge in [0.1, 0.15) is 6.04 Å². The molecule has 2 aromatic rings. The van der Waals surface area contributed by atoms with Crippen LogP contribution >= 0.6 is 0 Å². The van der Waals surface area contributed by atoms with E-state index in [1.807, 2.05) is 6.07 Å². The molecule has 0 fully saturated rings. The molecule has 2 N–H and O–H groups in total. The third kappa shape index (κ3) is 3.48. The Morgan fingerprint density at radius 2 is 1.67 bits per heavy atom. The van der Waals surface area contributed by atoms with Crippen LogP contribution in [0.2, 0.25) is 0 Å². The summed E-state index contributed by atoms with van der Waals surface area (Å²) in [4.78, 5) is 23.5. The normalized spacial score (nSPS) is 13.2. The highest BCUT2D eigenvalue weighted by molar-refractivity contribution is 5.98. The van der Waals surface area contributed by atoms with Crippen LogP contribution in [0.25, 0.3) is 0 Å². The standard InChI is InChI=1S/C18H18N2O4/c1-11(19-15-7-8-16-17(9-15)24-10-23-16)18(22)20-14-5-3-13(4-6-14)12(2)21/h3-9,11,19H,10H2,1-2H3,(H,20,22)/t11-/m1/s1. The van der Waals surface area contributed by atoms with E-state index in [4.69, 9.17) is 9.47 Å². The van der Waals surface area contributed by atoms with Gasteiger partial charge in [-0.3, -0.25) is 9.59 Å². The van der Waals surface area contributed by atoms with Gasteiger partial charge in [-0.25, -0.2) is 0 Å². The third-order valence-electron chi connectivity index (χ3n) is 3.71. The molecular weight excluding hydrogens is 308 g/mol. The maximum absolute atomic E-state index is 12.3. The van der Waals surface area contributed by atoms with Crippen molar-refractivity contribution in [3.8, 4) is 11.5 Å². The van der Waals surface area contributed by atoms with E-state index in [2.05, 4.69) is 10.6 Å². The second-order valence-electron chi connectivity index (χ2n) is 5.56. The molecule has 6 heteroatoms. The Labute approximate surface area is 139 Å². The lowest BCUT2D eigenvalue weighted by Crippen LogP contribution is -2.31. The number of ether oxygens (including phenoxy) is 2. The maximum Gasteiger partial charge on any atom is 0.246 e. The first-order chi connectivity index (χ1) is 11.5. The molecule has 0 aliphatic carbocycles. The first kappa shape index (κ1) is 15.9. The average molecular weight is 326 g/mol. The van der Waals surface area contributed by atoms with Gasteiger partial charge in [-0.2, -0.15) is 0 Å². The highest BCUT2D eigenvalue weighted by Crippen LogP contribution is 2.34. The summed E-state index contributed by atoms with van der Waals surface area (Å²) < 4.78 is 10.6.